The van der Waals surface area contributed by atoms with Gasteiger partial charge in [-0.1, -0.05) is 40.4 Å². The van der Waals surface area contributed by atoms with E-state index in [9.17, 15) is 5.11 Å². The lowest BCUT2D eigenvalue weighted by Crippen LogP contribution is -2.41. The van der Waals surface area contributed by atoms with Crippen molar-refractivity contribution in [1.82, 2.24) is 5.32 Å². The third-order valence-corrected chi connectivity index (χ3v) is 4.15. The normalized spacial score (nSPS) is 24.9. The Hall–Kier alpha value is -0.0900. The van der Waals surface area contributed by atoms with Gasteiger partial charge in [-0.15, -0.1) is 0 Å². The summed E-state index contributed by atoms with van der Waals surface area (Å²) in [5.41, 5.74) is 1.07. The lowest BCUT2D eigenvalue weighted by molar-refractivity contribution is 0.0902. The van der Waals surface area contributed by atoms with E-state index in [1.165, 1.54) is 6.42 Å². The van der Waals surface area contributed by atoms with Gasteiger partial charge in [0.2, 0.25) is 0 Å². The molecular weight excluding hydrogens is 302 g/mol. The van der Waals surface area contributed by atoms with E-state index in [0.717, 1.165) is 34.3 Å². The molecule has 94 valence electrons. The molecule has 0 saturated heterocycles. The molecule has 2 unspecified atom stereocenters. The summed E-state index contributed by atoms with van der Waals surface area (Å²) in [5, 5.41) is 14.0. The molecule has 4 heteroatoms. The first-order valence-corrected chi connectivity index (χ1v) is 7.19. The number of benzene rings is 1. The maximum Gasteiger partial charge on any atom is 0.0693 e. The highest BCUT2D eigenvalue weighted by molar-refractivity contribution is 9.10. The molecule has 0 amide bonds. The van der Waals surface area contributed by atoms with Crippen LogP contribution in [0.15, 0.2) is 22.7 Å². The zero-order valence-corrected chi connectivity index (χ0v) is 12.0. The Bertz CT molecular complexity index is 386. The predicted octanol–water partition coefficient (Wildman–Crippen LogP) is 3.50. The second-order valence-corrected chi connectivity index (χ2v) is 5.90. The number of hydrogen-bond donors (Lipinski definition) is 2. The lowest BCUT2D eigenvalue weighted by Gasteiger charge is -2.28. The molecule has 1 saturated carbocycles. The lowest BCUT2D eigenvalue weighted by atomic mass is 9.92. The van der Waals surface area contributed by atoms with Crippen molar-refractivity contribution in [3.05, 3.63) is 33.3 Å². The van der Waals surface area contributed by atoms with Crippen molar-refractivity contribution < 1.29 is 5.11 Å². The summed E-state index contributed by atoms with van der Waals surface area (Å²) in [6, 6.07) is 6.05. The Morgan fingerprint density at radius 2 is 2.12 bits per heavy atom. The van der Waals surface area contributed by atoms with Crippen LogP contribution in [0.2, 0.25) is 5.02 Å². The maximum atomic E-state index is 9.87. The van der Waals surface area contributed by atoms with Crippen LogP contribution in [0.25, 0.3) is 0 Å². The topological polar surface area (TPSA) is 32.3 Å². The number of halogens is 2. The van der Waals surface area contributed by atoms with E-state index >= 15 is 0 Å². The van der Waals surface area contributed by atoms with Crippen molar-refractivity contribution in [1.29, 1.82) is 0 Å². The van der Waals surface area contributed by atoms with E-state index in [1.54, 1.807) is 0 Å². The van der Waals surface area contributed by atoms with E-state index in [2.05, 4.69) is 21.2 Å². The van der Waals surface area contributed by atoms with Crippen LogP contribution in [-0.2, 0) is 6.54 Å². The van der Waals surface area contributed by atoms with Gasteiger partial charge in [-0.05, 0) is 36.6 Å². The molecule has 1 fully saturated rings. The van der Waals surface area contributed by atoms with Crippen LogP contribution in [0.5, 0.6) is 0 Å². The van der Waals surface area contributed by atoms with Gasteiger partial charge in [0.25, 0.3) is 0 Å². The molecular formula is C13H17BrClNO. The molecule has 0 heterocycles. The third-order valence-electron chi connectivity index (χ3n) is 3.29. The molecule has 2 nitrogen and oxygen atoms in total. The highest BCUT2D eigenvalue weighted by Gasteiger charge is 2.22. The Morgan fingerprint density at radius 1 is 1.35 bits per heavy atom. The fourth-order valence-corrected chi connectivity index (χ4v) is 2.86. The monoisotopic (exact) mass is 317 g/mol. The summed E-state index contributed by atoms with van der Waals surface area (Å²) in [7, 11) is 0. The van der Waals surface area contributed by atoms with Crippen molar-refractivity contribution in [2.75, 3.05) is 0 Å². The predicted molar refractivity (Wildman–Crippen MR) is 74.3 cm³/mol. The molecule has 1 aliphatic rings. The molecule has 0 aliphatic heterocycles. The SMILES string of the molecule is OC1CCCCC1NCc1cc(Br)ccc1Cl. The first-order valence-electron chi connectivity index (χ1n) is 6.02. The molecule has 0 radical (unpaired) electrons. The Morgan fingerprint density at radius 3 is 2.88 bits per heavy atom. The molecule has 0 bridgehead atoms. The van der Waals surface area contributed by atoms with E-state index in [-0.39, 0.29) is 12.1 Å². The third kappa shape index (κ3) is 3.68. The number of rotatable bonds is 3. The summed E-state index contributed by atoms with van der Waals surface area (Å²) in [5.74, 6) is 0. The summed E-state index contributed by atoms with van der Waals surface area (Å²) in [6.07, 6.45) is 4.07. The molecule has 0 spiro atoms. The Labute approximate surface area is 115 Å². The minimum atomic E-state index is -0.213. The molecule has 2 rings (SSSR count). The van der Waals surface area contributed by atoms with Gasteiger partial charge < -0.3 is 10.4 Å². The van der Waals surface area contributed by atoms with Gasteiger partial charge in [0.1, 0.15) is 0 Å². The maximum absolute atomic E-state index is 9.87. The minimum absolute atomic E-state index is 0.207. The van der Waals surface area contributed by atoms with Crippen LogP contribution < -0.4 is 5.32 Å². The van der Waals surface area contributed by atoms with Gasteiger partial charge >= 0.3 is 0 Å². The Kier molecular flexibility index (Phi) is 4.86. The van der Waals surface area contributed by atoms with Crippen molar-refractivity contribution in [2.45, 2.75) is 44.4 Å². The zero-order valence-electron chi connectivity index (χ0n) is 9.63. The summed E-state index contributed by atoms with van der Waals surface area (Å²) in [6.45, 7) is 0.708. The van der Waals surface area contributed by atoms with E-state index in [4.69, 9.17) is 11.6 Å². The summed E-state index contributed by atoms with van der Waals surface area (Å²) < 4.78 is 1.03. The second kappa shape index (κ2) is 6.19. The molecule has 1 aliphatic carbocycles. The van der Waals surface area contributed by atoms with Crippen molar-refractivity contribution in [3.8, 4) is 0 Å². The number of nitrogens with one attached hydrogen (secondary N) is 1. The summed E-state index contributed by atoms with van der Waals surface area (Å²) >= 11 is 9.57. The van der Waals surface area contributed by atoms with Crippen LogP contribution in [-0.4, -0.2) is 17.3 Å². The van der Waals surface area contributed by atoms with E-state index in [1.807, 2.05) is 18.2 Å². The zero-order chi connectivity index (χ0) is 12.3. The van der Waals surface area contributed by atoms with Gasteiger partial charge in [0.15, 0.2) is 0 Å². The van der Waals surface area contributed by atoms with Crippen LogP contribution in [0, 0.1) is 0 Å². The van der Waals surface area contributed by atoms with E-state index in [0.29, 0.717) is 6.54 Å². The fourth-order valence-electron chi connectivity index (χ4n) is 2.27. The van der Waals surface area contributed by atoms with Crippen molar-refractivity contribution in [2.24, 2.45) is 0 Å². The van der Waals surface area contributed by atoms with Gasteiger partial charge in [-0.2, -0.15) is 0 Å². The van der Waals surface area contributed by atoms with Gasteiger partial charge in [-0.3, -0.25) is 0 Å². The van der Waals surface area contributed by atoms with Crippen LogP contribution in [0.1, 0.15) is 31.2 Å². The summed E-state index contributed by atoms with van der Waals surface area (Å²) in [4.78, 5) is 0. The Balaban J connectivity index is 1.94. The van der Waals surface area contributed by atoms with E-state index < -0.39 is 0 Å². The molecule has 2 N–H and O–H groups in total. The fraction of sp³-hybridized carbons (Fsp3) is 0.538. The number of aliphatic hydroxyl groups excluding tert-OH is 1. The number of hydrogen-bond acceptors (Lipinski definition) is 2. The van der Waals surface area contributed by atoms with Crippen LogP contribution in [0.3, 0.4) is 0 Å². The highest BCUT2D eigenvalue weighted by Crippen LogP contribution is 2.23. The molecule has 17 heavy (non-hydrogen) atoms. The van der Waals surface area contributed by atoms with Crippen LogP contribution in [0.4, 0.5) is 0 Å². The standard InChI is InChI=1S/C13H17BrClNO/c14-10-5-6-11(15)9(7-10)8-16-12-3-1-2-4-13(12)17/h5-7,12-13,16-17H,1-4,8H2. The molecule has 2 atom stereocenters. The van der Waals surface area contributed by atoms with Crippen LogP contribution >= 0.6 is 27.5 Å². The molecule has 1 aromatic rings. The first-order chi connectivity index (χ1) is 8.16. The number of aliphatic hydroxyl groups is 1. The smallest absolute Gasteiger partial charge is 0.0693 e. The van der Waals surface area contributed by atoms with Crippen molar-refractivity contribution >= 4 is 27.5 Å². The van der Waals surface area contributed by atoms with Gasteiger partial charge in [0, 0.05) is 22.1 Å². The van der Waals surface area contributed by atoms with Gasteiger partial charge in [-0.25, -0.2) is 0 Å². The first kappa shape index (κ1) is 13.3. The minimum Gasteiger partial charge on any atom is -0.392 e. The highest BCUT2D eigenvalue weighted by atomic mass is 79.9. The quantitative estimate of drug-likeness (QED) is 0.894. The van der Waals surface area contributed by atoms with Crippen molar-refractivity contribution in [3.63, 3.8) is 0 Å². The van der Waals surface area contributed by atoms with Gasteiger partial charge in [0.05, 0.1) is 6.10 Å². The second-order valence-electron chi connectivity index (χ2n) is 4.57. The largest absolute Gasteiger partial charge is 0.392 e. The average Bonchev–Trinajstić information content (AvgIpc) is 2.32. The molecule has 1 aromatic carbocycles. The average molecular weight is 319 g/mol. The molecule has 0 aromatic heterocycles.